The van der Waals surface area contributed by atoms with E-state index in [1.807, 2.05) is 0 Å². The number of amides is 1. The third-order valence-electron chi connectivity index (χ3n) is 3.42. The van der Waals surface area contributed by atoms with Gasteiger partial charge in [-0.15, -0.1) is 0 Å². The number of nitrogens with zero attached hydrogens (tertiary/aromatic N) is 1. The van der Waals surface area contributed by atoms with Crippen molar-refractivity contribution in [1.29, 1.82) is 0 Å². The molecule has 0 aliphatic heterocycles. The van der Waals surface area contributed by atoms with E-state index in [4.69, 9.17) is 5.11 Å². The molecule has 106 valence electrons. The molecule has 1 aromatic rings. The number of rotatable bonds is 5. The number of nitro groups is 1. The van der Waals surface area contributed by atoms with Gasteiger partial charge >= 0.3 is 5.97 Å². The molecule has 0 saturated heterocycles. The summed E-state index contributed by atoms with van der Waals surface area (Å²) in [6.45, 7) is 0. The SMILES string of the molecule is O=C(CC1CCC1)Nc1cc([N+](=O)[O-])ccc1C(=O)O. The summed E-state index contributed by atoms with van der Waals surface area (Å²) in [7, 11) is 0. The molecular formula is C13H14N2O5. The molecule has 2 N–H and O–H groups in total. The number of hydrogen-bond acceptors (Lipinski definition) is 4. The fourth-order valence-electron chi connectivity index (χ4n) is 2.10. The monoisotopic (exact) mass is 278 g/mol. The van der Waals surface area contributed by atoms with Gasteiger partial charge in [0.2, 0.25) is 5.91 Å². The van der Waals surface area contributed by atoms with Crippen LogP contribution in [-0.2, 0) is 4.79 Å². The smallest absolute Gasteiger partial charge is 0.337 e. The van der Waals surface area contributed by atoms with Crippen molar-refractivity contribution in [3.05, 3.63) is 33.9 Å². The molecule has 7 nitrogen and oxygen atoms in total. The lowest BCUT2D eigenvalue weighted by molar-refractivity contribution is -0.384. The van der Waals surface area contributed by atoms with Crippen molar-refractivity contribution in [1.82, 2.24) is 0 Å². The highest BCUT2D eigenvalue weighted by atomic mass is 16.6. The lowest BCUT2D eigenvalue weighted by Gasteiger charge is -2.24. The molecule has 1 aliphatic carbocycles. The highest BCUT2D eigenvalue weighted by Gasteiger charge is 2.22. The zero-order chi connectivity index (χ0) is 14.7. The molecule has 0 aromatic heterocycles. The van der Waals surface area contributed by atoms with Gasteiger partial charge in [-0.05, 0) is 24.8 Å². The van der Waals surface area contributed by atoms with Crippen molar-refractivity contribution in [2.24, 2.45) is 5.92 Å². The fraction of sp³-hybridized carbons (Fsp3) is 0.385. The maximum absolute atomic E-state index is 11.8. The number of carboxylic acid groups (broad SMARTS) is 1. The van der Waals surface area contributed by atoms with Crippen LogP contribution in [0, 0.1) is 16.0 Å². The van der Waals surface area contributed by atoms with Crippen LogP contribution in [0.25, 0.3) is 0 Å². The predicted octanol–water partition coefficient (Wildman–Crippen LogP) is 2.42. The third-order valence-corrected chi connectivity index (χ3v) is 3.42. The molecule has 7 heteroatoms. The second-order valence-corrected chi connectivity index (χ2v) is 4.84. The molecule has 0 radical (unpaired) electrons. The zero-order valence-corrected chi connectivity index (χ0v) is 10.7. The van der Waals surface area contributed by atoms with Crippen LogP contribution >= 0.6 is 0 Å². The summed E-state index contributed by atoms with van der Waals surface area (Å²) in [5.74, 6) is -1.21. The summed E-state index contributed by atoms with van der Waals surface area (Å²) in [6, 6.07) is 3.30. The van der Waals surface area contributed by atoms with Gasteiger partial charge in [0, 0.05) is 18.6 Å². The number of carbonyl (C=O) groups excluding carboxylic acids is 1. The van der Waals surface area contributed by atoms with Gasteiger partial charge in [0.15, 0.2) is 0 Å². The van der Waals surface area contributed by atoms with Gasteiger partial charge in [0.25, 0.3) is 5.69 Å². The molecular weight excluding hydrogens is 264 g/mol. The second-order valence-electron chi connectivity index (χ2n) is 4.84. The Morgan fingerprint density at radius 2 is 2.10 bits per heavy atom. The van der Waals surface area contributed by atoms with Crippen LogP contribution in [0.15, 0.2) is 18.2 Å². The fourth-order valence-corrected chi connectivity index (χ4v) is 2.10. The molecule has 0 bridgehead atoms. The Hall–Kier alpha value is -2.44. The van der Waals surface area contributed by atoms with E-state index in [-0.39, 0.29) is 22.8 Å². The van der Waals surface area contributed by atoms with Crippen LogP contribution in [0.5, 0.6) is 0 Å². The molecule has 1 aliphatic rings. The number of nitro benzene ring substituents is 1. The molecule has 1 amide bonds. The van der Waals surface area contributed by atoms with Crippen molar-refractivity contribution in [2.45, 2.75) is 25.7 Å². The maximum atomic E-state index is 11.8. The lowest BCUT2D eigenvalue weighted by atomic mass is 9.83. The van der Waals surface area contributed by atoms with Crippen molar-refractivity contribution < 1.29 is 19.6 Å². The number of aromatic carboxylic acids is 1. The first kappa shape index (κ1) is 14.0. The Kier molecular flexibility index (Phi) is 3.97. The van der Waals surface area contributed by atoms with Crippen LogP contribution in [0.3, 0.4) is 0 Å². The number of hydrogen-bond donors (Lipinski definition) is 2. The van der Waals surface area contributed by atoms with E-state index in [0.29, 0.717) is 12.3 Å². The number of carboxylic acids is 1. The van der Waals surface area contributed by atoms with Gasteiger partial charge in [-0.1, -0.05) is 6.42 Å². The topological polar surface area (TPSA) is 110 Å². The van der Waals surface area contributed by atoms with Gasteiger partial charge in [-0.3, -0.25) is 14.9 Å². The van der Waals surface area contributed by atoms with Crippen molar-refractivity contribution in [3.8, 4) is 0 Å². The Labute approximate surface area is 114 Å². The summed E-state index contributed by atoms with van der Waals surface area (Å²) in [5.41, 5.74) is -0.442. The van der Waals surface area contributed by atoms with Gasteiger partial charge in [-0.2, -0.15) is 0 Å². The molecule has 1 aromatic carbocycles. The molecule has 1 saturated carbocycles. The first-order valence-corrected chi connectivity index (χ1v) is 6.29. The second kappa shape index (κ2) is 5.68. The molecule has 0 spiro atoms. The van der Waals surface area contributed by atoms with E-state index >= 15 is 0 Å². The predicted molar refractivity (Wildman–Crippen MR) is 70.6 cm³/mol. The summed E-state index contributed by atoms with van der Waals surface area (Å²) in [4.78, 5) is 32.9. The highest BCUT2D eigenvalue weighted by Crippen LogP contribution is 2.30. The maximum Gasteiger partial charge on any atom is 0.337 e. The van der Waals surface area contributed by atoms with Crippen molar-refractivity contribution in [2.75, 3.05) is 5.32 Å². The lowest BCUT2D eigenvalue weighted by Crippen LogP contribution is -2.21. The largest absolute Gasteiger partial charge is 0.478 e. The van der Waals surface area contributed by atoms with E-state index in [1.165, 1.54) is 0 Å². The number of benzene rings is 1. The average Bonchev–Trinajstić information content (AvgIpc) is 2.33. The summed E-state index contributed by atoms with van der Waals surface area (Å²) >= 11 is 0. The minimum Gasteiger partial charge on any atom is -0.478 e. The number of anilines is 1. The van der Waals surface area contributed by atoms with E-state index in [0.717, 1.165) is 37.5 Å². The normalized spacial score (nSPS) is 14.4. The Morgan fingerprint density at radius 3 is 2.60 bits per heavy atom. The number of non-ortho nitro benzene ring substituents is 1. The summed E-state index contributed by atoms with van der Waals surface area (Å²) in [6.07, 6.45) is 3.42. The molecule has 1 fully saturated rings. The van der Waals surface area contributed by atoms with Crippen LogP contribution in [0.1, 0.15) is 36.0 Å². The van der Waals surface area contributed by atoms with Crippen LogP contribution in [0.2, 0.25) is 0 Å². The van der Waals surface area contributed by atoms with Crippen LogP contribution in [0.4, 0.5) is 11.4 Å². The molecule has 0 heterocycles. The van der Waals surface area contributed by atoms with E-state index in [1.54, 1.807) is 0 Å². The Bertz CT molecular complexity index is 566. The van der Waals surface area contributed by atoms with Gasteiger partial charge in [0.1, 0.15) is 0 Å². The first-order chi connectivity index (χ1) is 9.47. The minimum absolute atomic E-state index is 0.0315. The number of nitrogens with one attached hydrogen (secondary N) is 1. The van der Waals surface area contributed by atoms with Gasteiger partial charge in [-0.25, -0.2) is 4.79 Å². The molecule has 0 unspecified atom stereocenters. The van der Waals surface area contributed by atoms with E-state index < -0.39 is 10.9 Å². The van der Waals surface area contributed by atoms with Gasteiger partial charge < -0.3 is 10.4 Å². The molecule has 0 atom stereocenters. The molecule has 2 rings (SSSR count). The summed E-state index contributed by atoms with van der Waals surface area (Å²) in [5, 5.41) is 22.2. The standard InChI is InChI=1S/C13H14N2O5/c16-12(6-8-2-1-3-8)14-11-7-9(15(19)20)4-5-10(11)13(17)18/h4-5,7-8H,1-3,6H2,(H,14,16)(H,17,18). The Balaban J connectivity index is 2.18. The summed E-state index contributed by atoms with van der Waals surface area (Å²) < 4.78 is 0. The third kappa shape index (κ3) is 3.11. The van der Waals surface area contributed by atoms with Gasteiger partial charge in [0.05, 0.1) is 16.2 Å². The average molecular weight is 278 g/mol. The van der Waals surface area contributed by atoms with E-state index in [2.05, 4.69) is 5.32 Å². The van der Waals surface area contributed by atoms with Crippen molar-refractivity contribution >= 4 is 23.3 Å². The highest BCUT2D eigenvalue weighted by molar-refractivity contribution is 6.01. The van der Waals surface area contributed by atoms with Crippen LogP contribution in [-0.4, -0.2) is 21.9 Å². The van der Waals surface area contributed by atoms with Crippen LogP contribution < -0.4 is 5.32 Å². The number of carbonyl (C=O) groups is 2. The quantitative estimate of drug-likeness (QED) is 0.635. The molecule has 20 heavy (non-hydrogen) atoms. The van der Waals surface area contributed by atoms with Crippen molar-refractivity contribution in [3.63, 3.8) is 0 Å². The zero-order valence-electron chi connectivity index (χ0n) is 10.7. The Morgan fingerprint density at radius 1 is 1.40 bits per heavy atom. The minimum atomic E-state index is -1.24. The first-order valence-electron chi connectivity index (χ1n) is 6.29. The van der Waals surface area contributed by atoms with E-state index in [9.17, 15) is 19.7 Å².